The van der Waals surface area contributed by atoms with E-state index in [1.165, 1.54) is 12.1 Å². The highest BCUT2D eigenvalue weighted by Gasteiger charge is 2.32. The number of rotatable bonds is 6. The van der Waals surface area contributed by atoms with Gasteiger partial charge in [-0.25, -0.2) is 0 Å². The molecule has 1 heterocycles. The van der Waals surface area contributed by atoms with Crippen molar-refractivity contribution in [2.75, 3.05) is 19.6 Å². The molecule has 2 rings (SSSR count). The largest absolute Gasteiger partial charge is 0.573 e. The highest BCUT2D eigenvalue weighted by molar-refractivity contribution is 5.78. The number of benzene rings is 1. The van der Waals surface area contributed by atoms with Crippen LogP contribution in [-0.2, 0) is 11.2 Å². The molecule has 1 aliphatic rings. The van der Waals surface area contributed by atoms with Crippen LogP contribution in [0.3, 0.4) is 0 Å². The van der Waals surface area contributed by atoms with Gasteiger partial charge in [-0.2, -0.15) is 0 Å². The molecule has 1 unspecified atom stereocenters. The zero-order chi connectivity index (χ0) is 16.2. The zero-order valence-corrected chi connectivity index (χ0v) is 12.2. The molecular formula is C15H19F3N2O2. The normalized spacial score (nSPS) is 16.7. The molecular weight excluding hydrogens is 297 g/mol. The van der Waals surface area contributed by atoms with Crippen molar-refractivity contribution >= 4 is 5.91 Å². The van der Waals surface area contributed by atoms with Crippen molar-refractivity contribution in [3.63, 3.8) is 0 Å². The van der Waals surface area contributed by atoms with Gasteiger partial charge in [-0.15, -0.1) is 13.2 Å². The van der Waals surface area contributed by atoms with Gasteiger partial charge >= 0.3 is 6.36 Å². The van der Waals surface area contributed by atoms with Crippen LogP contribution in [-0.4, -0.2) is 31.9 Å². The number of nitrogens with one attached hydrogen (secondary N) is 2. The van der Waals surface area contributed by atoms with E-state index in [-0.39, 0.29) is 30.5 Å². The van der Waals surface area contributed by atoms with E-state index < -0.39 is 6.36 Å². The Morgan fingerprint density at radius 2 is 2.09 bits per heavy atom. The van der Waals surface area contributed by atoms with E-state index in [1.54, 1.807) is 12.1 Å². The lowest BCUT2D eigenvalue weighted by Gasteiger charge is -2.31. The number of ether oxygens (including phenoxy) is 1. The lowest BCUT2D eigenvalue weighted by atomic mass is 9.88. The summed E-state index contributed by atoms with van der Waals surface area (Å²) in [6, 6.07) is 5.96. The maximum Gasteiger partial charge on any atom is 0.573 e. The van der Waals surface area contributed by atoms with Crippen molar-refractivity contribution in [2.24, 2.45) is 11.8 Å². The Hall–Kier alpha value is -1.76. The van der Waals surface area contributed by atoms with Gasteiger partial charge in [0.1, 0.15) is 5.75 Å². The molecule has 0 aliphatic carbocycles. The molecule has 122 valence electrons. The van der Waals surface area contributed by atoms with E-state index in [0.717, 1.165) is 13.1 Å². The molecule has 1 aromatic carbocycles. The lowest BCUT2D eigenvalue weighted by Crippen LogP contribution is -2.49. The topological polar surface area (TPSA) is 50.4 Å². The summed E-state index contributed by atoms with van der Waals surface area (Å²) in [5.74, 6) is -0.0509. The Bertz CT molecular complexity index is 516. The van der Waals surface area contributed by atoms with E-state index in [9.17, 15) is 18.0 Å². The Labute approximate surface area is 127 Å². The number of carbonyl (C=O) groups excluding carboxylic acids is 1. The fraction of sp³-hybridized carbons (Fsp3) is 0.533. The average molecular weight is 316 g/mol. The molecule has 0 spiro atoms. The first-order chi connectivity index (χ1) is 10.4. The molecule has 7 heteroatoms. The highest BCUT2D eigenvalue weighted by Crippen LogP contribution is 2.26. The summed E-state index contributed by atoms with van der Waals surface area (Å²) >= 11 is 0. The standard InChI is InChI=1S/C15H19F3N2O2/c1-10(12-8-19-9-12)14(21)20-7-6-11-4-2-3-5-13(11)22-15(16,17)18/h2-5,10,12,19H,6-9H2,1H3,(H,20,21). The van der Waals surface area contributed by atoms with Crippen LogP contribution in [0.5, 0.6) is 5.75 Å². The third-order valence-electron chi connectivity index (χ3n) is 3.83. The van der Waals surface area contributed by atoms with Crippen LogP contribution in [0.2, 0.25) is 0 Å². The van der Waals surface area contributed by atoms with Crippen LogP contribution < -0.4 is 15.4 Å². The van der Waals surface area contributed by atoms with Crippen molar-refractivity contribution in [2.45, 2.75) is 19.7 Å². The molecule has 1 aliphatic heterocycles. The molecule has 4 nitrogen and oxygen atoms in total. The summed E-state index contributed by atoms with van der Waals surface area (Å²) in [5.41, 5.74) is 0.415. The van der Waals surface area contributed by atoms with Gasteiger partial charge in [-0.1, -0.05) is 25.1 Å². The van der Waals surface area contributed by atoms with Crippen molar-refractivity contribution in [1.82, 2.24) is 10.6 Å². The van der Waals surface area contributed by atoms with Gasteiger partial charge in [0.15, 0.2) is 0 Å². The molecule has 0 radical (unpaired) electrons. The van der Waals surface area contributed by atoms with E-state index in [4.69, 9.17) is 0 Å². The van der Waals surface area contributed by atoms with Crippen LogP contribution in [0.1, 0.15) is 12.5 Å². The van der Waals surface area contributed by atoms with Gasteiger partial charge in [0.2, 0.25) is 5.91 Å². The minimum Gasteiger partial charge on any atom is -0.406 e. The summed E-state index contributed by atoms with van der Waals surface area (Å²) in [5, 5.41) is 5.87. The van der Waals surface area contributed by atoms with Crippen LogP contribution in [0.4, 0.5) is 13.2 Å². The van der Waals surface area contributed by atoms with Crippen molar-refractivity contribution in [1.29, 1.82) is 0 Å². The molecule has 1 saturated heterocycles. The molecule has 2 N–H and O–H groups in total. The van der Waals surface area contributed by atoms with Gasteiger partial charge in [0, 0.05) is 12.5 Å². The molecule has 0 bridgehead atoms. The van der Waals surface area contributed by atoms with Gasteiger partial charge in [-0.05, 0) is 37.1 Å². The Morgan fingerprint density at radius 1 is 1.41 bits per heavy atom. The SMILES string of the molecule is CC(C(=O)NCCc1ccccc1OC(F)(F)F)C1CNC1. The Morgan fingerprint density at radius 3 is 2.68 bits per heavy atom. The predicted molar refractivity (Wildman–Crippen MR) is 75.4 cm³/mol. The minimum atomic E-state index is -4.72. The van der Waals surface area contributed by atoms with Crippen molar-refractivity contribution in [3.05, 3.63) is 29.8 Å². The lowest BCUT2D eigenvalue weighted by molar-refractivity contribution is -0.274. The monoisotopic (exact) mass is 316 g/mol. The maximum absolute atomic E-state index is 12.3. The smallest absolute Gasteiger partial charge is 0.406 e. The molecule has 1 amide bonds. The van der Waals surface area contributed by atoms with Crippen molar-refractivity contribution in [3.8, 4) is 5.75 Å². The van der Waals surface area contributed by atoms with E-state index in [2.05, 4.69) is 15.4 Å². The fourth-order valence-electron chi connectivity index (χ4n) is 2.29. The van der Waals surface area contributed by atoms with Gasteiger partial charge < -0.3 is 15.4 Å². The van der Waals surface area contributed by atoms with Gasteiger partial charge in [0.05, 0.1) is 0 Å². The predicted octanol–water partition coefficient (Wildman–Crippen LogP) is 2.10. The summed E-state index contributed by atoms with van der Waals surface area (Å²) < 4.78 is 40.9. The molecule has 1 fully saturated rings. The maximum atomic E-state index is 12.3. The van der Waals surface area contributed by atoms with Gasteiger partial charge in [-0.3, -0.25) is 4.79 Å². The molecule has 1 aromatic rings. The highest BCUT2D eigenvalue weighted by atomic mass is 19.4. The Kier molecular flexibility index (Phi) is 5.28. The van der Waals surface area contributed by atoms with Crippen LogP contribution in [0, 0.1) is 11.8 Å². The quantitative estimate of drug-likeness (QED) is 0.845. The summed E-state index contributed by atoms with van der Waals surface area (Å²) in [6.07, 6.45) is -4.43. The number of hydrogen-bond donors (Lipinski definition) is 2. The second-order valence-corrected chi connectivity index (χ2v) is 5.40. The molecule has 1 atom stereocenters. The molecule has 0 aromatic heterocycles. The van der Waals surface area contributed by atoms with Crippen molar-refractivity contribution < 1.29 is 22.7 Å². The van der Waals surface area contributed by atoms with Crippen LogP contribution in [0.15, 0.2) is 24.3 Å². The summed E-state index contributed by atoms with van der Waals surface area (Å²) in [4.78, 5) is 11.9. The third kappa shape index (κ3) is 4.62. The van der Waals surface area contributed by atoms with E-state index >= 15 is 0 Å². The number of para-hydroxylation sites is 1. The number of alkyl halides is 3. The van der Waals surface area contributed by atoms with E-state index in [1.807, 2.05) is 6.92 Å². The number of halogens is 3. The first kappa shape index (κ1) is 16.6. The number of amides is 1. The Balaban J connectivity index is 1.85. The minimum absolute atomic E-state index is 0.0688. The van der Waals surface area contributed by atoms with Gasteiger partial charge in [0.25, 0.3) is 0 Å². The number of hydrogen-bond acceptors (Lipinski definition) is 3. The average Bonchev–Trinajstić information content (AvgIpc) is 2.36. The first-order valence-electron chi connectivity index (χ1n) is 7.19. The van der Waals surface area contributed by atoms with Crippen LogP contribution in [0.25, 0.3) is 0 Å². The molecule has 22 heavy (non-hydrogen) atoms. The molecule has 0 saturated carbocycles. The number of carbonyl (C=O) groups is 1. The van der Waals surface area contributed by atoms with Crippen LogP contribution >= 0.6 is 0 Å². The van der Waals surface area contributed by atoms with E-state index in [0.29, 0.717) is 11.5 Å². The zero-order valence-electron chi connectivity index (χ0n) is 12.2. The second-order valence-electron chi connectivity index (χ2n) is 5.40. The second kappa shape index (κ2) is 7.00. The fourth-order valence-corrected chi connectivity index (χ4v) is 2.29. The summed E-state index contributed by atoms with van der Waals surface area (Å²) in [6.45, 7) is 3.80. The third-order valence-corrected chi connectivity index (χ3v) is 3.83. The summed E-state index contributed by atoms with van der Waals surface area (Å²) in [7, 11) is 0. The first-order valence-corrected chi connectivity index (χ1v) is 7.19.